The molecule has 2 amide bonds. The van der Waals surface area contributed by atoms with Crippen LogP contribution in [0.2, 0.25) is 0 Å². The van der Waals surface area contributed by atoms with Crippen molar-refractivity contribution in [2.24, 2.45) is 5.73 Å². The lowest BCUT2D eigenvalue weighted by molar-refractivity contribution is 0.0934. The molecule has 0 aliphatic rings. The van der Waals surface area contributed by atoms with Gasteiger partial charge in [-0.15, -0.1) is 0 Å². The molecule has 0 radical (unpaired) electrons. The van der Waals surface area contributed by atoms with E-state index in [4.69, 9.17) is 5.73 Å². The Bertz CT molecular complexity index is 597. The Morgan fingerprint density at radius 3 is 2.47 bits per heavy atom. The molecule has 19 heavy (non-hydrogen) atoms. The van der Waals surface area contributed by atoms with E-state index in [1.54, 1.807) is 36.7 Å². The summed E-state index contributed by atoms with van der Waals surface area (Å²) in [7, 11) is 0. The van der Waals surface area contributed by atoms with Gasteiger partial charge in [-0.25, -0.2) is 0 Å². The maximum absolute atomic E-state index is 12.0. The van der Waals surface area contributed by atoms with Crippen LogP contribution in [0, 0.1) is 0 Å². The van der Waals surface area contributed by atoms with Gasteiger partial charge in [-0.2, -0.15) is 0 Å². The van der Waals surface area contributed by atoms with E-state index in [0.717, 1.165) is 5.56 Å². The molecule has 1 aromatic carbocycles. The number of hydrogen-bond donors (Lipinski definition) is 2. The second-order valence-electron chi connectivity index (χ2n) is 3.95. The van der Waals surface area contributed by atoms with E-state index >= 15 is 0 Å². The number of rotatable bonds is 4. The normalized spacial score (nSPS) is 9.89. The van der Waals surface area contributed by atoms with Crippen molar-refractivity contribution in [3.05, 3.63) is 65.5 Å². The molecule has 0 spiro atoms. The predicted octanol–water partition coefficient (Wildman–Crippen LogP) is 1.11. The molecule has 0 saturated heterocycles. The van der Waals surface area contributed by atoms with E-state index in [0.29, 0.717) is 6.54 Å². The van der Waals surface area contributed by atoms with Gasteiger partial charge in [0, 0.05) is 18.9 Å². The first-order valence-electron chi connectivity index (χ1n) is 5.74. The minimum Gasteiger partial charge on any atom is -0.366 e. The maximum Gasteiger partial charge on any atom is 0.252 e. The molecule has 3 N–H and O–H groups in total. The van der Waals surface area contributed by atoms with E-state index in [2.05, 4.69) is 10.3 Å². The third-order valence-electron chi connectivity index (χ3n) is 2.61. The molecule has 0 unspecified atom stereocenters. The Labute approximate surface area is 110 Å². The third-order valence-corrected chi connectivity index (χ3v) is 2.61. The number of amides is 2. The number of nitrogens with zero attached hydrogens (tertiary/aromatic N) is 1. The quantitative estimate of drug-likeness (QED) is 0.858. The van der Waals surface area contributed by atoms with Crippen LogP contribution in [0.4, 0.5) is 0 Å². The fourth-order valence-corrected chi connectivity index (χ4v) is 1.68. The van der Waals surface area contributed by atoms with Gasteiger partial charge in [0.25, 0.3) is 5.91 Å². The van der Waals surface area contributed by atoms with Gasteiger partial charge in [0.2, 0.25) is 5.91 Å². The lowest BCUT2D eigenvalue weighted by Crippen LogP contribution is -2.26. The van der Waals surface area contributed by atoms with Crippen molar-refractivity contribution in [2.75, 3.05) is 0 Å². The number of nitrogens with two attached hydrogens (primary N) is 1. The molecule has 0 bridgehead atoms. The van der Waals surface area contributed by atoms with Crippen LogP contribution in [-0.4, -0.2) is 16.8 Å². The van der Waals surface area contributed by atoms with Crippen molar-refractivity contribution in [3.63, 3.8) is 0 Å². The summed E-state index contributed by atoms with van der Waals surface area (Å²) in [6.07, 6.45) is 3.33. The maximum atomic E-state index is 12.0. The minimum absolute atomic E-state index is 0.214. The highest BCUT2D eigenvalue weighted by atomic mass is 16.2. The first-order chi connectivity index (χ1) is 9.18. The zero-order valence-electron chi connectivity index (χ0n) is 10.2. The molecule has 0 fully saturated rings. The summed E-state index contributed by atoms with van der Waals surface area (Å²) < 4.78 is 0. The Balaban J connectivity index is 2.10. The second kappa shape index (κ2) is 5.77. The fraction of sp³-hybridized carbons (Fsp3) is 0.0714. The van der Waals surface area contributed by atoms with Gasteiger partial charge in [-0.3, -0.25) is 14.6 Å². The standard InChI is InChI=1S/C14H13N3O2/c15-13(18)11-5-1-2-6-12(11)14(19)17-9-10-4-3-7-16-8-10/h1-8H,9H2,(H2,15,18)(H,17,19). The molecule has 1 aromatic heterocycles. The lowest BCUT2D eigenvalue weighted by atomic mass is 10.1. The van der Waals surface area contributed by atoms with Crippen LogP contribution in [-0.2, 0) is 6.54 Å². The summed E-state index contributed by atoms with van der Waals surface area (Å²) in [5.41, 5.74) is 6.60. The van der Waals surface area contributed by atoms with Crippen molar-refractivity contribution in [1.82, 2.24) is 10.3 Å². The molecule has 1 heterocycles. The topological polar surface area (TPSA) is 85.1 Å². The fourth-order valence-electron chi connectivity index (χ4n) is 1.68. The summed E-state index contributed by atoms with van der Waals surface area (Å²) in [5, 5.41) is 2.72. The summed E-state index contributed by atoms with van der Waals surface area (Å²) in [6, 6.07) is 10.1. The average molecular weight is 255 g/mol. The number of nitrogens with one attached hydrogen (secondary N) is 1. The molecular formula is C14H13N3O2. The number of hydrogen-bond acceptors (Lipinski definition) is 3. The summed E-state index contributed by atoms with van der Waals surface area (Å²) in [5.74, 6) is -0.953. The van der Waals surface area contributed by atoms with Gasteiger partial charge in [0.1, 0.15) is 0 Å². The summed E-state index contributed by atoms with van der Waals surface area (Å²) in [4.78, 5) is 27.2. The van der Waals surface area contributed by atoms with Crippen LogP contribution in [0.5, 0.6) is 0 Å². The Hall–Kier alpha value is -2.69. The Kier molecular flexibility index (Phi) is 3.87. The van der Waals surface area contributed by atoms with Crippen LogP contribution in [0.15, 0.2) is 48.8 Å². The highest BCUT2D eigenvalue weighted by molar-refractivity contribution is 6.06. The monoisotopic (exact) mass is 255 g/mol. The van der Waals surface area contributed by atoms with Crippen molar-refractivity contribution < 1.29 is 9.59 Å². The van der Waals surface area contributed by atoms with Crippen LogP contribution in [0.3, 0.4) is 0 Å². The summed E-state index contributed by atoms with van der Waals surface area (Å²) >= 11 is 0. The van der Waals surface area contributed by atoms with E-state index in [1.807, 2.05) is 6.07 Å². The van der Waals surface area contributed by atoms with Crippen molar-refractivity contribution in [3.8, 4) is 0 Å². The van der Waals surface area contributed by atoms with E-state index in [-0.39, 0.29) is 17.0 Å². The van der Waals surface area contributed by atoms with Crippen LogP contribution < -0.4 is 11.1 Å². The molecule has 0 saturated carbocycles. The van der Waals surface area contributed by atoms with Gasteiger partial charge in [0.15, 0.2) is 0 Å². The molecule has 0 aliphatic carbocycles. The van der Waals surface area contributed by atoms with Crippen LogP contribution in [0.1, 0.15) is 26.3 Å². The second-order valence-corrected chi connectivity index (χ2v) is 3.95. The van der Waals surface area contributed by atoms with E-state index in [9.17, 15) is 9.59 Å². The van der Waals surface area contributed by atoms with Gasteiger partial charge in [0.05, 0.1) is 11.1 Å². The molecule has 2 aromatic rings. The first kappa shape index (κ1) is 12.8. The highest BCUT2D eigenvalue weighted by Crippen LogP contribution is 2.08. The SMILES string of the molecule is NC(=O)c1ccccc1C(=O)NCc1cccnc1. The van der Waals surface area contributed by atoms with Crippen molar-refractivity contribution in [1.29, 1.82) is 0 Å². The molecule has 96 valence electrons. The number of benzene rings is 1. The number of primary amides is 1. The third kappa shape index (κ3) is 3.16. The van der Waals surface area contributed by atoms with Gasteiger partial charge in [-0.1, -0.05) is 18.2 Å². The molecule has 2 rings (SSSR count). The van der Waals surface area contributed by atoms with E-state index < -0.39 is 5.91 Å². The molecule has 0 atom stereocenters. The Morgan fingerprint density at radius 1 is 1.11 bits per heavy atom. The lowest BCUT2D eigenvalue weighted by Gasteiger charge is -2.07. The average Bonchev–Trinajstić information content (AvgIpc) is 2.46. The number of carbonyl (C=O) groups is 2. The summed E-state index contributed by atoms with van der Waals surface area (Å²) in [6.45, 7) is 0.347. The van der Waals surface area contributed by atoms with Crippen LogP contribution >= 0.6 is 0 Å². The van der Waals surface area contributed by atoms with Gasteiger partial charge < -0.3 is 11.1 Å². The largest absolute Gasteiger partial charge is 0.366 e. The number of carbonyl (C=O) groups excluding carboxylic acids is 2. The zero-order chi connectivity index (χ0) is 13.7. The first-order valence-corrected chi connectivity index (χ1v) is 5.74. The molecule has 5 heteroatoms. The van der Waals surface area contributed by atoms with E-state index in [1.165, 1.54) is 6.07 Å². The van der Waals surface area contributed by atoms with Crippen molar-refractivity contribution >= 4 is 11.8 Å². The number of aromatic nitrogens is 1. The molecular weight excluding hydrogens is 242 g/mol. The zero-order valence-corrected chi connectivity index (χ0v) is 10.2. The van der Waals surface area contributed by atoms with Crippen LogP contribution in [0.25, 0.3) is 0 Å². The van der Waals surface area contributed by atoms with Gasteiger partial charge in [-0.05, 0) is 23.8 Å². The number of pyridine rings is 1. The van der Waals surface area contributed by atoms with Gasteiger partial charge >= 0.3 is 0 Å². The minimum atomic E-state index is -0.618. The smallest absolute Gasteiger partial charge is 0.252 e. The molecule has 5 nitrogen and oxygen atoms in total. The Morgan fingerprint density at radius 2 is 1.84 bits per heavy atom. The van der Waals surface area contributed by atoms with Crippen molar-refractivity contribution in [2.45, 2.75) is 6.54 Å². The predicted molar refractivity (Wildman–Crippen MR) is 70.4 cm³/mol. The highest BCUT2D eigenvalue weighted by Gasteiger charge is 2.13. The molecule has 0 aliphatic heterocycles.